The summed E-state index contributed by atoms with van der Waals surface area (Å²) in [6, 6.07) is 17.4. The first-order valence-electron chi connectivity index (χ1n) is 10.8. The van der Waals surface area contributed by atoms with Gasteiger partial charge in [-0.15, -0.1) is 0 Å². The maximum atomic E-state index is 13.9. The summed E-state index contributed by atoms with van der Waals surface area (Å²) >= 11 is 0. The molecule has 1 atom stereocenters. The lowest BCUT2D eigenvalue weighted by Gasteiger charge is -2.34. The highest BCUT2D eigenvalue weighted by molar-refractivity contribution is 5.98. The second-order valence-electron chi connectivity index (χ2n) is 8.10. The van der Waals surface area contributed by atoms with E-state index in [1.807, 2.05) is 48.2 Å². The van der Waals surface area contributed by atoms with E-state index < -0.39 is 6.04 Å². The summed E-state index contributed by atoms with van der Waals surface area (Å²) in [5.74, 6) is 1.49. The molecule has 1 amide bonds. The van der Waals surface area contributed by atoms with E-state index in [-0.39, 0.29) is 11.7 Å². The van der Waals surface area contributed by atoms with Crippen LogP contribution in [0.2, 0.25) is 0 Å². The maximum absolute atomic E-state index is 13.9. The van der Waals surface area contributed by atoms with Crippen molar-refractivity contribution < 1.29 is 18.3 Å². The van der Waals surface area contributed by atoms with Crippen LogP contribution in [-0.4, -0.2) is 36.0 Å². The summed E-state index contributed by atoms with van der Waals surface area (Å²) in [7, 11) is 1.65. The van der Waals surface area contributed by atoms with Gasteiger partial charge >= 0.3 is 0 Å². The molecule has 0 radical (unpaired) electrons. The van der Waals surface area contributed by atoms with Gasteiger partial charge in [-0.25, -0.2) is 9.37 Å². The van der Waals surface area contributed by atoms with Gasteiger partial charge in [-0.2, -0.15) is 0 Å². The molecule has 1 unspecified atom stereocenters. The van der Waals surface area contributed by atoms with Crippen LogP contribution in [0.25, 0.3) is 22.2 Å². The van der Waals surface area contributed by atoms with Gasteiger partial charge in [0.1, 0.15) is 23.4 Å². The van der Waals surface area contributed by atoms with Crippen LogP contribution in [0.3, 0.4) is 0 Å². The highest BCUT2D eigenvalue weighted by Crippen LogP contribution is 2.35. The number of aromatic nitrogens is 1. The van der Waals surface area contributed by atoms with E-state index in [0.29, 0.717) is 36.8 Å². The van der Waals surface area contributed by atoms with Crippen molar-refractivity contribution >= 4 is 16.7 Å². The summed E-state index contributed by atoms with van der Waals surface area (Å²) in [6.45, 7) is 3.44. The fourth-order valence-corrected chi connectivity index (χ4v) is 4.44. The SMILES string of the molecule is COc1ccc(-c2nc(CN3CCNC(=O)C3c3cccc(F)c3)c(C)o2)c2ccccc12. The first kappa shape index (κ1) is 21.2. The van der Waals surface area contributed by atoms with Crippen LogP contribution < -0.4 is 10.1 Å². The third kappa shape index (κ3) is 3.96. The Balaban J connectivity index is 1.49. The van der Waals surface area contributed by atoms with Crippen LogP contribution in [0.15, 0.2) is 65.1 Å². The molecule has 1 N–H and O–H groups in total. The average Bonchev–Trinajstić information content (AvgIpc) is 3.18. The Morgan fingerprint density at radius 2 is 1.97 bits per heavy atom. The molecule has 0 aliphatic carbocycles. The zero-order chi connectivity index (χ0) is 22.9. The zero-order valence-electron chi connectivity index (χ0n) is 18.5. The van der Waals surface area contributed by atoms with E-state index >= 15 is 0 Å². The van der Waals surface area contributed by atoms with E-state index in [4.69, 9.17) is 14.1 Å². The number of oxazole rings is 1. The number of aryl methyl sites for hydroxylation is 1. The van der Waals surface area contributed by atoms with Crippen molar-refractivity contribution in [1.29, 1.82) is 0 Å². The van der Waals surface area contributed by atoms with Gasteiger partial charge in [0.2, 0.25) is 11.8 Å². The summed E-state index contributed by atoms with van der Waals surface area (Å²) in [4.78, 5) is 19.5. The number of ether oxygens (including phenoxy) is 1. The highest BCUT2D eigenvalue weighted by Gasteiger charge is 2.32. The molecule has 0 spiro atoms. The number of piperazine rings is 1. The number of fused-ring (bicyclic) bond motifs is 1. The van der Waals surface area contributed by atoms with Crippen LogP contribution in [0.4, 0.5) is 4.39 Å². The predicted octanol–water partition coefficient (Wildman–Crippen LogP) is 4.62. The molecule has 1 aliphatic rings. The van der Waals surface area contributed by atoms with Gasteiger partial charge in [-0.1, -0.05) is 36.4 Å². The predicted molar refractivity (Wildman–Crippen MR) is 123 cm³/mol. The molecule has 1 saturated heterocycles. The zero-order valence-corrected chi connectivity index (χ0v) is 18.5. The summed E-state index contributed by atoms with van der Waals surface area (Å²) < 4.78 is 25.4. The van der Waals surface area contributed by atoms with E-state index in [1.54, 1.807) is 19.2 Å². The molecule has 33 heavy (non-hydrogen) atoms. The normalized spacial score (nSPS) is 16.7. The molecular weight excluding hydrogens is 421 g/mol. The first-order valence-corrected chi connectivity index (χ1v) is 10.8. The lowest BCUT2D eigenvalue weighted by molar-refractivity contribution is -0.129. The number of halogens is 1. The lowest BCUT2D eigenvalue weighted by Crippen LogP contribution is -2.49. The number of carbonyl (C=O) groups is 1. The summed E-state index contributed by atoms with van der Waals surface area (Å²) in [6.07, 6.45) is 0. The molecule has 7 heteroatoms. The van der Waals surface area contributed by atoms with E-state index in [0.717, 1.165) is 27.8 Å². The van der Waals surface area contributed by atoms with Gasteiger partial charge in [-0.3, -0.25) is 9.69 Å². The van der Waals surface area contributed by atoms with Crippen LogP contribution in [0.5, 0.6) is 5.75 Å². The second kappa shape index (κ2) is 8.67. The molecule has 1 aliphatic heterocycles. The lowest BCUT2D eigenvalue weighted by atomic mass is 10.0. The number of methoxy groups -OCH3 is 1. The fraction of sp³-hybridized carbons (Fsp3) is 0.231. The van der Waals surface area contributed by atoms with Crippen molar-refractivity contribution in [3.63, 3.8) is 0 Å². The number of hydrogen-bond donors (Lipinski definition) is 1. The first-order chi connectivity index (χ1) is 16.0. The highest BCUT2D eigenvalue weighted by atomic mass is 19.1. The minimum atomic E-state index is -0.587. The summed E-state index contributed by atoms with van der Waals surface area (Å²) in [5, 5.41) is 4.85. The third-order valence-electron chi connectivity index (χ3n) is 6.06. The Bertz CT molecular complexity index is 1330. The smallest absolute Gasteiger partial charge is 0.242 e. The largest absolute Gasteiger partial charge is 0.496 e. The van der Waals surface area contributed by atoms with Crippen molar-refractivity contribution in [2.45, 2.75) is 19.5 Å². The Morgan fingerprint density at radius 1 is 1.15 bits per heavy atom. The van der Waals surface area contributed by atoms with Crippen molar-refractivity contribution in [1.82, 2.24) is 15.2 Å². The standard InChI is InChI=1S/C26H24FN3O3/c1-16-22(15-30-13-12-28-25(31)24(30)17-6-5-7-18(27)14-17)29-26(33-16)21-10-11-23(32-2)20-9-4-3-8-19(20)21/h3-11,14,24H,12-13,15H2,1-2H3,(H,28,31). The van der Waals surface area contributed by atoms with Crippen molar-refractivity contribution in [2.24, 2.45) is 0 Å². The minimum Gasteiger partial charge on any atom is -0.496 e. The number of rotatable bonds is 5. The number of carbonyl (C=O) groups excluding carboxylic acids is 1. The maximum Gasteiger partial charge on any atom is 0.242 e. The molecule has 1 fully saturated rings. The second-order valence-corrected chi connectivity index (χ2v) is 8.10. The van der Waals surface area contributed by atoms with E-state index in [9.17, 15) is 9.18 Å². The Morgan fingerprint density at radius 3 is 2.76 bits per heavy atom. The Labute approximate surface area is 191 Å². The molecule has 1 aromatic heterocycles. The average molecular weight is 445 g/mol. The van der Waals surface area contributed by atoms with Gasteiger partial charge in [0.25, 0.3) is 0 Å². The van der Waals surface area contributed by atoms with Gasteiger partial charge in [0.05, 0.1) is 12.8 Å². The minimum absolute atomic E-state index is 0.144. The molecule has 3 aromatic carbocycles. The van der Waals surface area contributed by atoms with Crippen LogP contribution in [-0.2, 0) is 11.3 Å². The van der Waals surface area contributed by atoms with Crippen LogP contribution in [0.1, 0.15) is 23.1 Å². The molecule has 0 saturated carbocycles. The monoisotopic (exact) mass is 445 g/mol. The number of hydrogen-bond acceptors (Lipinski definition) is 5. The molecule has 2 heterocycles. The number of amides is 1. The molecule has 5 rings (SSSR count). The Hall–Kier alpha value is -3.71. The van der Waals surface area contributed by atoms with E-state index in [1.165, 1.54) is 12.1 Å². The van der Waals surface area contributed by atoms with E-state index in [2.05, 4.69) is 5.32 Å². The van der Waals surface area contributed by atoms with Gasteiger partial charge in [0, 0.05) is 30.6 Å². The van der Waals surface area contributed by atoms with Crippen molar-refractivity contribution in [2.75, 3.05) is 20.2 Å². The van der Waals surface area contributed by atoms with Crippen molar-refractivity contribution in [3.8, 4) is 17.2 Å². The van der Waals surface area contributed by atoms with Gasteiger partial charge in [0.15, 0.2) is 0 Å². The molecule has 4 aromatic rings. The van der Waals surface area contributed by atoms with Crippen molar-refractivity contribution in [3.05, 3.63) is 83.5 Å². The number of nitrogens with zero attached hydrogens (tertiary/aromatic N) is 2. The third-order valence-corrected chi connectivity index (χ3v) is 6.06. The molecule has 6 nitrogen and oxygen atoms in total. The quantitative estimate of drug-likeness (QED) is 0.485. The Kier molecular flexibility index (Phi) is 5.56. The molecule has 0 bridgehead atoms. The van der Waals surface area contributed by atoms with Crippen LogP contribution >= 0.6 is 0 Å². The number of benzene rings is 3. The molecular formula is C26H24FN3O3. The van der Waals surface area contributed by atoms with Gasteiger partial charge < -0.3 is 14.5 Å². The van der Waals surface area contributed by atoms with Gasteiger partial charge in [-0.05, 0) is 42.1 Å². The summed E-state index contributed by atoms with van der Waals surface area (Å²) in [5.41, 5.74) is 2.24. The molecule has 168 valence electrons. The number of nitrogens with one attached hydrogen (secondary N) is 1. The van der Waals surface area contributed by atoms with Crippen LogP contribution in [0, 0.1) is 12.7 Å². The topological polar surface area (TPSA) is 67.6 Å². The fourth-order valence-electron chi connectivity index (χ4n) is 4.44.